The van der Waals surface area contributed by atoms with E-state index in [1.807, 2.05) is 0 Å². The van der Waals surface area contributed by atoms with Crippen molar-refractivity contribution in [2.45, 2.75) is 90.4 Å². The van der Waals surface area contributed by atoms with Gasteiger partial charge in [0.1, 0.15) is 0 Å². The lowest BCUT2D eigenvalue weighted by molar-refractivity contribution is -0.0410. The third kappa shape index (κ3) is 2.14. The van der Waals surface area contributed by atoms with Crippen molar-refractivity contribution in [3.05, 3.63) is 0 Å². The zero-order chi connectivity index (χ0) is 12.4. The molecule has 3 rings (SSSR count). The fourth-order valence-corrected chi connectivity index (χ4v) is 6.05. The average molecular weight is 248 g/mol. The minimum absolute atomic E-state index is 0.787. The summed E-state index contributed by atoms with van der Waals surface area (Å²) >= 11 is 0. The second-order valence-electron chi connectivity index (χ2n) is 7.58. The van der Waals surface area contributed by atoms with Crippen molar-refractivity contribution in [2.24, 2.45) is 23.2 Å². The Kier molecular flexibility index (Phi) is 4.01. The SMILES string of the molecule is CC1CCCCC1(C1CCCCC1)C1CCCC1. The van der Waals surface area contributed by atoms with Crippen LogP contribution in [0.2, 0.25) is 0 Å². The molecule has 0 aromatic carbocycles. The monoisotopic (exact) mass is 248 g/mol. The van der Waals surface area contributed by atoms with Gasteiger partial charge in [-0.3, -0.25) is 0 Å². The molecule has 0 aromatic heterocycles. The number of hydrogen-bond donors (Lipinski definition) is 0. The molecule has 2 atom stereocenters. The van der Waals surface area contributed by atoms with Crippen molar-refractivity contribution < 1.29 is 0 Å². The van der Waals surface area contributed by atoms with Crippen LogP contribution in [0.1, 0.15) is 90.4 Å². The van der Waals surface area contributed by atoms with E-state index in [1.54, 1.807) is 32.1 Å². The fraction of sp³-hybridized carbons (Fsp3) is 1.00. The van der Waals surface area contributed by atoms with E-state index in [4.69, 9.17) is 0 Å². The van der Waals surface area contributed by atoms with Crippen LogP contribution in [0.15, 0.2) is 0 Å². The Morgan fingerprint density at radius 3 is 1.67 bits per heavy atom. The predicted molar refractivity (Wildman–Crippen MR) is 78.6 cm³/mol. The lowest BCUT2D eigenvalue weighted by atomic mass is 9.51. The van der Waals surface area contributed by atoms with Crippen LogP contribution >= 0.6 is 0 Å². The molecule has 2 unspecified atom stereocenters. The summed E-state index contributed by atoms with van der Waals surface area (Å²) in [5.41, 5.74) is 0.787. The zero-order valence-corrected chi connectivity index (χ0v) is 12.4. The molecule has 3 aliphatic rings. The Balaban J connectivity index is 1.85. The molecule has 104 valence electrons. The highest BCUT2D eigenvalue weighted by molar-refractivity contribution is 4.99. The molecule has 0 heterocycles. The van der Waals surface area contributed by atoms with Gasteiger partial charge < -0.3 is 0 Å². The van der Waals surface area contributed by atoms with Gasteiger partial charge in [0.05, 0.1) is 0 Å². The molecule has 0 N–H and O–H groups in total. The Labute approximate surface area is 114 Å². The first kappa shape index (κ1) is 13.0. The van der Waals surface area contributed by atoms with Crippen molar-refractivity contribution in [3.63, 3.8) is 0 Å². The number of hydrogen-bond acceptors (Lipinski definition) is 0. The van der Waals surface area contributed by atoms with E-state index in [1.165, 1.54) is 51.4 Å². The molecule has 0 aliphatic heterocycles. The van der Waals surface area contributed by atoms with Gasteiger partial charge in [0.2, 0.25) is 0 Å². The summed E-state index contributed by atoms with van der Waals surface area (Å²) in [7, 11) is 0. The maximum absolute atomic E-state index is 2.62. The van der Waals surface area contributed by atoms with Crippen molar-refractivity contribution in [1.29, 1.82) is 0 Å². The van der Waals surface area contributed by atoms with E-state index < -0.39 is 0 Å². The molecule has 3 fully saturated rings. The molecule has 18 heavy (non-hydrogen) atoms. The molecule has 3 saturated carbocycles. The van der Waals surface area contributed by atoms with Gasteiger partial charge in [-0.1, -0.05) is 58.3 Å². The first-order chi connectivity index (χ1) is 8.84. The van der Waals surface area contributed by atoms with Crippen LogP contribution in [-0.4, -0.2) is 0 Å². The van der Waals surface area contributed by atoms with E-state index >= 15 is 0 Å². The first-order valence-electron chi connectivity index (χ1n) is 8.84. The quantitative estimate of drug-likeness (QED) is 0.566. The van der Waals surface area contributed by atoms with Crippen LogP contribution in [0, 0.1) is 23.2 Å². The van der Waals surface area contributed by atoms with E-state index in [2.05, 4.69) is 6.92 Å². The van der Waals surface area contributed by atoms with E-state index in [0.29, 0.717) is 0 Å². The van der Waals surface area contributed by atoms with Crippen molar-refractivity contribution in [1.82, 2.24) is 0 Å². The van der Waals surface area contributed by atoms with Crippen LogP contribution in [0.25, 0.3) is 0 Å². The van der Waals surface area contributed by atoms with Gasteiger partial charge in [-0.05, 0) is 55.3 Å². The average Bonchev–Trinajstić information content (AvgIpc) is 2.95. The third-order valence-electron chi connectivity index (χ3n) is 6.89. The summed E-state index contributed by atoms with van der Waals surface area (Å²) in [4.78, 5) is 0. The molecule has 0 heteroatoms. The predicted octanol–water partition coefficient (Wildman–Crippen LogP) is 5.95. The van der Waals surface area contributed by atoms with Crippen molar-refractivity contribution >= 4 is 0 Å². The Morgan fingerprint density at radius 1 is 0.611 bits per heavy atom. The van der Waals surface area contributed by atoms with Gasteiger partial charge in [-0.15, -0.1) is 0 Å². The summed E-state index contributed by atoms with van der Waals surface area (Å²) in [6.07, 6.45) is 20.1. The molecular formula is C18H32. The highest BCUT2D eigenvalue weighted by Crippen LogP contribution is 2.59. The second kappa shape index (κ2) is 5.55. The number of rotatable bonds is 2. The Bertz CT molecular complexity index is 257. The van der Waals surface area contributed by atoms with Crippen molar-refractivity contribution in [2.75, 3.05) is 0 Å². The minimum Gasteiger partial charge on any atom is -0.0620 e. The maximum atomic E-state index is 2.62. The summed E-state index contributed by atoms with van der Waals surface area (Å²) in [6.45, 7) is 2.62. The van der Waals surface area contributed by atoms with Crippen LogP contribution in [-0.2, 0) is 0 Å². The van der Waals surface area contributed by atoms with E-state index in [-0.39, 0.29) is 0 Å². The van der Waals surface area contributed by atoms with E-state index in [9.17, 15) is 0 Å². The highest BCUT2D eigenvalue weighted by Gasteiger charge is 2.49. The highest BCUT2D eigenvalue weighted by atomic mass is 14.5. The molecule has 0 nitrogen and oxygen atoms in total. The van der Waals surface area contributed by atoms with Crippen LogP contribution in [0.3, 0.4) is 0 Å². The van der Waals surface area contributed by atoms with Gasteiger partial charge in [0.15, 0.2) is 0 Å². The minimum atomic E-state index is 0.787. The normalized spacial score (nSPS) is 40.2. The molecule has 0 bridgehead atoms. The lowest BCUT2D eigenvalue weighted by Gasteiger charge is -2.53. The van der Waals surface area contributed by atoms with Gasteiger partial charge in [-0.2, -0.15) is 0 Å². The Morgan fingerprint density at radius 2 is 1.11 bits per heavy atom. The first-order valence-corrected chi connectivity index (χ1v) is 8.84. The molecule has 0 radical (unpaired) electrons. The lowest BCUT2D eigenvalue weighted by Crippen LogP contribution is -2.45. The van der Waals surface area contributed by atoms with Crippen LogP contribution in [0.5, 0.6) is 0 Å². The molecule has 0 saturated heterocycles. The second-order valence-corrected chi connectivity index (χ2v) is 7.58. The zero-order valence-electron chi connectivity index (χ0n) is 12.4. The standard InChI is InChI=1S/C18H32/c1-15-9-7-8-14-18(15,17-12-5-6-13-17)16-10-3-2-4-11-16/h15-17H,2-14H2,1H3. The smallest absolute Gasteiger partial charge is 0.0215 e. The van der Waals surface area contributed by atoms with Gasteiger partial charge in [0.25, 0.3) is 0 Å². The van der Waals surface area contributed by atoms with Gasteiger partial charge >= 0.3 is 0 Å². The van der Waals surface area contributed by atoms with Crippen molar-refractivity contribution in [3.8, 4) is 0 Å². The molecule has 0 aromatic rings. The fourth-order valence-electron chi connectivity index (χ4n) is 6.05. The summed E-state index contributed by atoms with van der Waals surface area (Å²) in [5, 5.41) is 0. The largest absolute Gasteiger partial charge is 0.0620 e. The molecular weight excluding hydrogens is 216 g/mol. The summed E-state index contributed by atoms with van der Waals surface area (Å²) < 4.78 is 0. The summed E-state index contributed by atoms with van der Waals surface area (Å²) in [5.74, 6) is 3.23. The topological polar surface area (TPSA) is 0 Å². The van der Waals surface area contributed by atoms with Gasteiger partial charge in [-0.25, -0.2) is 0 Å². The Hall–Kier alpha value is 0. The molecule has 3 aliphatic carbocycles. The van der Waals surface area contributed by atoms with Crippen LogP contribution in [0.4, 0.5) is 0 Å². The van der Waals surface area contributed by atoms with E-state index in [0.717, 1.165) is 23.2 Å². The summed E-state index contributed by atoms with van der Waals surface area (Å²) in [6, 6.07) is 0. The van der Waals surface area contributed by atoms with Gasteiger partial charge in [0, 0.05) is 0 Å². The maximum Gasteiger partial charge on any atom is -0.0215 e. The molecule has 0 spiro atoms. The van der Waals surface area contributed by atoms with Crippen LogP contribution < -0.4 is 0 Å². The third-order valence-corrected chi connectivity index (χ3v) is 6.89. The molecule has 0 amide bonds.